The number of nitrogens with zero attached hydrogens (tertiary/aromatic N) is 3. The van der Waals surface area contributed by atoms with E-state index in [0.29, 0.717) is 19.0 Å². The van der Waals surface area contributed by atoms with Gasteiger partial charge in [0, 0.05) is 25.4 Å². The summed E-state index contributed by atoms with van der Waals surface area (Å²) in [5, 5.41) is 21.2. The van der Waals surface area contributed by atoms with Crippen LogP contribution in [0.2, 0.25) is 0 Å². The number of benzene rings is 1. The van der Waals surface area contributed by atoms with Crippen LogP contribution >= 0.6 is 24.0 Å². The Morgan fingerprint density at radius 2 is 2.04 bits per heavy atom. The quantitative estimate of drug-likeness (QED) is 0.354. The molecule has 0 aliphatic rings. The molecule has 1 heterocycles. The molecular weight excluding hydrogens is 429 g/mol. The van der Waals surface area contributed by atoms with Crippen LogP contribution in [0.3, 0.4) is 0 Å². The lowest BCUT2D eigenvalue weighted by atomic mass is 10.00. The second-order valence-corrected chi connectivity index (χ2v) is 6.15. The Balaban J connectivity index is 0.00000312. The molecule has 0 bridgehead atoms. The molecule has 2 aromatic rings. The van der Waals surface area contributed by atoms with E-state index in [-0.39, 0.29) is 24.0 Å². The maximum atomic E-state index is 10.6. The fourth-order valence-electron chi connectivity index (χ4n) is 2.35. The number of hydrogen-bond acceptors (Lipinski definition) is 3. The van der Waals surface area contributed by atoms with Crippen molar-refractivity contribution in [2.75, 3.05) is 13.1 Å². The van der Waals surface area contributed by atoms with Crippen LogP contribution in [0.15, 0.2) is 41.7 Å². The molecule has 0 saturated carbocycles. The number of halogens is 1. The molecule has 0 saturated heterocycles. The van der Waals surface area contributed by atoms with Crippen molar-refractivity contribution in [2.24, 2.45) is 12.0 Å². The highest BCUT2D eigenvalue weighted by molar-refractivity contribution is 14.0. The molecule has 1 aromatic heterocycles. The van der Waals surface area contributed by atoms with E-state index in [1.165, 1.54) is 11.1 Å². The van der Waals surface area contributed by atoms with E-state index in [4.69, 9.17) is 0 Å². The Bertz CT molecular complexity index is 696. The topological polar surface area (TPSA) is 74.5 Å². The standard InChI is InChI=1S/C18H27N5O.HI/c1-5-19-17(20-10-15-9-7-6-8-14(15)2)21-13-18(3,24)16-11-22-23(4)12-16;/h6-9,11-12,24H,5,10,13H2,1-4H3,(H2,19,20,21);1H. The highest BCUT2D eigenvalue weighted by Gasteiger charge is 2.24. The van der Waals surface area contributed by atoms with Crippen molar-refractivity contribution in [3.05, 3.63) is 53.3 Å². The van der Waals surface area contributed by atoms with E-state index in [0.717, 1.165) is 12.1 Å². The van der Waals surface area contributed by atoms with Crippen LogP contribution in [-0.2, 0) is 19.2 Å². The van der Waals surface area contributed by atoms with Crippen molar-refractivity contribution in [1.82, 2.24) is 20.4 Å². The van der Waals surface area contributed by atoms with Crippen molar-refractivity contribution in [3.8, 4) is 0 Å². The summed E-state index contributed by atoms with van der Waals surface area (Å²) in [5.41, 5.74) is 2.16. The van der Waals surface area contributed by atoms with Gasteiger partial charge in [-0.05, 0) is 31.9 Å². The van der Waals surface area contributed by atoms with Gasteiger partial charge in [-0.25, -0.2) is 4.99 Å². The van der Waals surface area contributed by atoms with Crippen LogP contribution < -0.4 is 10.6 Å². The van der Waals surface area contributed by atoms with Crippen LogP contribution in [0.1, 0.15) is 30.5 Å². The molecule has 0 amide bonds. The normalized spacial score (nSPS) is 13.7. The van der Waals surface area contributed by atoms with Gasteiger partial charge in [0.05, 0.1) is 19.3 Å². The number of rotatable bonds is 6. The summed E-state index contributed by atoms with van der Waals surface area (Å²) in [6, 6.07) is 8.20. The molecule has 25 heavy (non-hydrogen) atoms. The van der Waals surface area contributed by atoms with Gasteiger partial charge < -0.3 is 15.7 Å². The Labute approximate surface area is 166 Å². The molecule has 0 aliphatic carbocycles. The second-order valence-electron chi connectivity index (χ2n) is 6.15. The summed E-state index contributed by atoms with van der Waals surface area (Å²) in [5.74, 6) is 0.685. The third kappa shape index (κ3) is 6.32. The van der Waals surface area contributed by atoms with Crippen LogP contribution in [0, 0.1) is 6.92 Å². The van der Waals surface area contributed by atoms with E-state index in [9.17, 15) is 5.11 Å². The van der Waals surface area contributed by atoms with Gasteiger partial charge in [0.1, 0.15) is 5.60 Å². The first-order valence-electron chi connectivity index (χ1n) is 8.20. The smallest absolute Gasteiger partial charge is 0.191 e. The molecule has 7 heteroatoms. The van der Waals surface area contributed by atoms with E-state index in [1.54, 1.807) is 17.8 Å². The predicted octanol–water partition coefficient (Wildman–Crippen LogP) is 2.31. The number of aromatic nitrogens is 2. The monoisotopic (exact) mass is 457 g/mol. The van der Waals surface area contributed by atoms with Crippen LogP contribution in [0.4, 0.5) is 0 Å². The number of aliphatic hydroxyl groups is 1. The summed E-state index contributed by atoms with van der Waals surface area (Å²) in [7, 11) is 1.83. The zero-order valence-corrected chi connectivity index (χ0v) is 17.6. The van der Waals surface area contributed by atoms with Crippen LogP contribution in [-0.4, -0.2) is 33.9 Å². The summed E-state index contributed by atoms with van der Waals surface area (Å²) >= 11 is 0. The molecule has 0 radical (unpaired) electrons. The maximum absolute atomic E-state index is 10.6. The Hall–Kier alpha value is -1.61. The minimum Gasteiger partial charge on any atom is -0.383 e. The lowest BCUT2D eigenvalue weighted by Gasteiger charge is -2.23. The third-order valence-electron chi connectivity index (χ3n) is 3.94. The largest absolute Gasteiger partial charge is 0.383 e. The van der Waals surface area contributed by atoms with Gasteiger partial charge in [-0.2, -0.15) is 5.10 Å². The van der Waals surface area contributed by atoms with Crippen LogP contribution in [0.5, 0.6) is 0 Å². The molecule has 0 spiro atoms. The van der Waals surface area contributed by atoms with Gasteiger partial charge in [-0.15, -0.1) is 24.0 Å². The lowest BCUT2D eigenvalue weighted by molar-refractivity contribution is 0.0616. The molecule has 1 atom stereocenters. The number of aryl methyl sites for hydroxylation is 2. The van der Waals surface area contributed by atoms with Gasteiger partial charge in [-0.1, -0.05) is 24.3 Å². The zero-order chi connectivity index (χ0) is 17.6. The molecule has 1 unspecified atom stereocenters. The summed E-state index contributed by atoms with van der Waals surface area (Å²) in [4.78, 5) is 4.61. The van der Waals surface area contributed by atoms with Crippen LogP contribution in [0.25, 0.3) is 0 Å². The Kier molecular flexibility index (Phi) is 8.37. The van der Waals surface area contributed by atoms with E-state index in [2.05, 4.69) is 39.8 Å². The maximum Gasteiger partial charge on any atom is 0.191 e. The van der Waals surface area contributed by atoms with Crippen molar-refractivity contribution in [2.45, 2.75) is 32.9 Å². The molecule has 138 valence electrons. The fraction of sp³-hybridized carbons (Fsp3) is 0.444. The molecule has 2 rings (SSSR count). The van der Waals surface area contributed by atoms with E-state index >= 15 is 0 Å². The predicted molar refractivity (Wildman–Crippen MR) is 112 cm³/mol. The zero-order valence-electron chi connectivity index (χ0n) is 15.3. The highest BCUT2D eigenvalue weighted by Crippen LogP contribution is 2.18. The number of aliphatic imine (C=N–C) groups is 1. The van der Waals surface area contributed by atoms with Crippen molar-refractivity contribution in [1.29, 1.82) is 0 Å². The molecule has 0 aliphatic heterocycles. The summed E-state index contributed by atoms with van der Waals surface area (Å²) in [6.07, 6.45) is 3.50. The first kappa shape index (κ1) is 21.4. The summed E-state index contributed by atoms with van der Waals surface area (Å²) in [6.45, 7) is 7.56. The van der Waals surface area contributed by atoms with Gasteiger partial charge >= 0.3 is 0 Å². The molecular formula is C18H28IN5O. The van der Waals surface area contributed by atoms with E-state index in [1.807, 2.05) is 32.3 Å². The third-order valence-corrected chi connectivity index (χ3v) is 3.94. The first-order valence-corrected chi connectivity index (χ1v) is 8.20. The Morgan fingerprint density at radius 3 is 2.64 bits per heavy atom. The minimum absolute atomic E-state index is 0. The molecule has 1 aromatic carbocycles. The fourth-order valence-corrected chi connectivity index (χ4v) is 2.35. The minimum atomic E-state index is -1.02. The van der Waals surface area contributed by atoms with Crippen molar-refractivity contribution >= 4 is 29.9 Å². The second kappa shape index (κ2) is 9.76. The SMILES string of the molecule is CCNC(=NCc1ccccc1C)NCC(C)(O)c1cnn(C)c1.I. The van der Waals surface area contributed by atoms with Gasteiger partial charge in [0.15, 0.2) is 5.96 Å². The number of guanidine groups is 1. The van der Waals surface area contributed by atoms with E-state index < -0.39 is 5.60 Å². The highest BCUT2D eigenvalue weighted by atomic mass is 127. The lowest BCUT2D eigenvalue weighted by Crippen LogP contribution is -2.44. The Morgan fingerprint density at radius 1 is 1.32 bits per heavy atom. The average molecular weight is 457 g/mol. The first-order chi connectivity index (χ1) is 11.4. The molecule has 0 fully saturated rings. The van der Waals surface area contributed by atoms with Crippen molar-refractivity contribution < 1.29 is 5.11 Å². The van der Waals surface area contributed by atoms with Crippen molar-refractivity contribution in [3.63, 3.8) is 0 Å². The van der Waals surface area contributed by atoms with Gasteiger partial charge in [-0.3, -0.25) is 4.68 Å². The average Bonchev–Trinajstić information content (AvgIpc) is 2.99. The number of nitrogens with one attached hydrogen (secondary N) is 2. The van der Waals surface area contributed by atoms with Gasteiger partial charge in [0.2, 0.25) is 0 Å². The number of hydrogen-bond donors (Lipinski definition) is 3. The molecule has 3 N–H and O–H groups in total. The molecule has 6 nitrogen and oxygen atoms in total. The summed E-state index contributed by atoms with van der Waals surface area (Å²) < 4.78 is 1.68. The van der Waals surface area contributed by atoms with Gasteiger partial charge in [0.25, 0.3) is 0 Å².